The summed E-state index contributed by atoms with van der Waals surface area (Å²) in [5.74, 6) is 0.0345. The van der Waals surface area contributed by atoms with Gasteiger partial charge in [-0.05, 0) is 12.0 Å². The van der Waals surface area contributed by atoms with Gasteiger partial charge in [-0.15, -0.1) is 12.4 Å². The number of aromatic nitrogens is 2. The lowest BCUT2D eigenvalue weighted by Crippen LogP contribution is -2.41. The zero-order valence-corrected chi connectivity index (χ0v) is 9.59. The van der Waals surface area contributed by atoms with Crippen LogP contribution >= 0.6 is 12.4 Å². The molecule has 2 rings (SSSR count). The molecule has 1 aromatic rings. The number of hydrogen-bond donors (Lipinski definition) is 3. The Morgan fingerprint density at radius 1 is 1.62 bits per heavy atom. The van der Waals surface area contributed by atoms with Gasteiger partial charge in [0.1, 0.15) is 6.04 Å². The van der Waals surface area contributed by atoms with Gasteiger partial charge in [0.25, 0.3) is 0 Å². The zero-order valence-electron chi connectivity index (χ0n) is 8.77. The van der Waals surface area contributed by atoms with Crippen LogP contribution in [-0.2, 0) is 11.2 Å². The van der Waals surface area contributed by atoms with Crippen LogP contribution in [0.5, 0.6) is 0 Å². The smallest absolute Gasteiger partial charge is 0.241 e. The summed E-state index contributed by atoms with van der Waals surface area (Å²) >= 11 is 0. The third-order valence-electron chi connectivity index (χ3n) is 2.33. The van der Waals surface area contributed by atoms with E-state index in [1.807, 2.05) is 18.3 Å². The van der Waals surface area contributed by atoms with Crippen LogP contribution in [0.4, 0.5) is 0 Å². The van der Waals surface area contributed by atoms with Crippen molar-refractivity contribution < 1.29 is 4.79 Å². The molecule has 1 unspecified atom stereocenters. The molecule has 1 aliphatic rings. The number of nitrogens with zero attached hydrogens (tertiary/aromatic N) is 1. The van der Waals surface area contributed by atoms with Crippen LogP contribution in [0.25, 0.3) is 0 Å². The predicted octanol–water partition coefficient (Wildman–Crippen LogP) is 0.0182. The van der Waals surface area contributed by atoms with E-state index in [2.05, 4.69) is 20.8 Å². The van der Waals surface area contributed by atoms with Gasteiger partial charge in [-0.1, -0.05) is 12.2 Å². The van der Waals surface area contributed by atoms with E-state index >= 15 is 0 Å². The van der Waals surface area contributed by atoms with E-state index in [-0.39, 0.29) is 24.4 Å². The molecule has 2 heterocycles. The van der Waals surface area contributed by atoms with Gasteiger partial charge in [-0.2, -0.15) is 5.10 Å². The molecule has 0 aliphatic carbocycles. The summed E-state index contributed by atoms with van der Waals surface area (Å²) in [6, 6.07) is -0.158. The van der Waals surface area contributed by atoms with E-state index in [0.29, 0.717) is 6.54 Å². The molecule has 1 aromatic heterocycles. The van der Waals surface area contributed by atoms with Crippen molar-refractivity contribution in [2.75, 3.05) is 13.1 Å². The van der Waals surface area contributed by atoms with Gasteiger partial charge in [0.2, 0.25) is 5.91 Å². The molecule has 3 N–H and O–H groups in total. The molecular weight excluding hydrogens is 228 g/mol. The Kier molecular flexibility index (Phi) is 5.01. The van der Waals surface area contributed by atoms with Crippen molar-refractivity contribution >= 4 is 18.3 Å². The first kappa shape index (κ1) is 12.7. The molecule has 0 saturated carbocycles. The summed E-state index contributed by atoms with van der Waals surface area (Å²) < 4.78 is 0. The number of halogens is 1. The molecule has 5 nitrogen and oxygen atoms in total. The Hall–Kier alpha value is -1.33. The second kappa shape index (κ2) is 6.30. The van der Waals surface area contributed by atoms with Crippen molar-refractivity contribution in [2.24, 2.45) is 0 Å². The Morgan fingerprint density at radius 3 is 3.12 bits per heavy atom. The molecule has 0 spiro atoms. The largest absolute Gasteiger partial charge is 0.354 e. The maximum Gasteiger partial charge on any atom is 0.241 e. The van der Waals surface area contributed by atoms with Gasteiger partial charge < -0.3 is 5.32 Å². The van der Waals surface area contributed by atoms with Crippen LogP contribution in [0.2, 0.25) is 0 Å². The van der Waals surface area contributed by atoms with Gasteiger partial charge in [0.15, 0.2) is 0 Å². The molecule has 16 heavy (non-hydrogen) atoms. The van der Waals surface area contributed by atoms with Crippen molar-refractivity contribution in [3.63, 3.8) is 0 Å². The van der Waals surface area contributed by atoms with E-state index in [1.54, 1.807) is 6.20 Å². The highest BCUT2D eigenvalue weighted by Gasteiger charge is 2.16. The highest BCUT2D eigenvalue weighted by atomic mass is 35.5. The average Bonchev–Trinajstić information content (AvgIpc) is 2.90. The van der Waals surface area contributed by atoms with Crippen LogP contribution in [0.15, 0.2) is 24.5 Å². The van der Waals surface area contributed by atoms with Crippen molar-refractivity contribution in [3.8, 4) is 0 Å². The van der Waals surface area contributed by atoms with E-state index in [1.165, 1.54) is 0 Å². The Bertz CT molecular complexity index is 350. The summed E-state index contributed by atoms with van der Waals surface area (Å²) in [6.07, 6.45) is 8.24. The molecule has 1 atom stereocenters. The first-order chi connectivity index (χ1) is 7.36. The number of hydrogen-bond acceptors (Lipinski definition) is 3. The summed E-state index contributed by atoms with van der Waals surface area (Å²) in [6.45, 7) is 1.42. The summed E-state index contributed by atoms with van der Waals surface area (Å²) in [5.41, 5.74) is 1.10. The molecule has 6 heteroatoms. The summed E-state index contributed by atoms with van der Waals surface area (Å²) in [5, 5.41) is 12.5. The van der Waals surface area contributed by atoms with Crippen LogP contribution in [-0.4, -0.2) is 35.2 Å². The number of carbonyl (C=O) groups excluding carboxylic acids is 1. The molecule has 1 amide bonds. The SMILES string of the molecule is Cl.O=C(NCCc1cn[nH]c1)C1C=CCN1. The van der Waals surface area contributed by atoms with Crippen LogP contribution in [0, 0.1) is 0 Å². The monoisotopic (exact) mass is 242 g/mol. The normalized spacial score (nSPS) is 18.1. The molecule has 0 bridgehead atoms. The fraction of sp³-hybridized carbons (Fsp3) is 0.400. The fourth-order valence-corrected chi connectivity index (χ4v) is 1.50. The van der Waals surface area contributed by atoms with Crippen molar-refractivity contribution in [1.29, 1.82) is 0 Å². The van der Waals surface area contributed by atoms with Gasteiger partial charge in [0, 0.05) is 19.3 Å². The maximum absolute atomic E-state index is 11.5. The van der Waals surface area contributed by atoms with Crippen molar-refractivity contribution in [1.82, 2.24) is 20.8 Å². The number of aromatic amines is 1. The van der Waals surface area contributed by atoms with Crippen molar-refractivity contribution in [2.45, 2.75) is 12.5 Å². The Labute approximate surface area is 100 Å². The average molecular weight is 243 g/mol. The fourth-order valence-electron chi connectivity index (χ4n) is 1.50. The highest BCUT2D eigenvalue weighted by molar-refractivity contribution is 5.85. The highest BCUT2D eigenvalue weighted by Crippen LogP contribution is 1.96. The minimum absolute atomic E-state index is 0. The predicted molar refractivity (Wildman–Crippen MR) is 63.5 cm³/mol. The topological polar surface area (TPSA) is 69.8 Å². The second-order valence-corrected chi connectivity index (χ2v) is 3.46. The molecule has 0 radical (unpaired) electrons. The minimum atomic E-state index is -0.158. The molecular formula is C10H15ClN4O. The van der Waals surface area contributed by atoms with Crippen molar-refractivity contribution in [3.05, 3.63) is 30.1 Å². The summed E-state index contributed by atoms with van der Waals surface area (Å²) in [4.78, 5) is 11.5. The third-order valence-corrected chi connectivity index (χ3v) is 2.33. The molecule has 88 valence electrons. The second-order valence-electron chi connectivity index (χ2n) is 3.46. The van der Waals surface area contributed by atoms with Gasteiger partial charge in [-0.25, -0.2) is 0 Å². The number of amides is 1. The Morgan fingerprint density at radius 2 is 2.50 bits per heavy atom. The zero-order chi connectivity index (χ0) is 10.5. The molecule has 0 fully saturated rings. The molecule has 1 aliphatic heterocycles. The van der Waals surface area contributed by atoms with Crippen LogP contribution in [0.3, 0.4) is 0 Å². The lowest BCUT2D eigenvalue weighted by Gasteiger charge is -2.09. The van der Waals surface area contributed by atoms with E-state index in [4.69, 9.17) is 0 Å². The summed E-state index contributed by atoms with van der Waals surface area (Å²) in [7, 11) is 0. The third kappa shape index (κ3) is 3.36. The van der Waals surface area contributed by atoms with E-state index in [9.17, 15) is 4.79 Å². The first-order valence-electron chi connectivity index (χ1n) is 5.01. The first-order valence-corrected chi connectivity index (χ1v) is 5.01. The number of H-pyrrole nitrogens is 1. The number of carbonyl (C=O) groups is 1. The standard InChI is InChI=1S/C10H14N4O.ClH/c15-10(9-2-1-4-11-9)12-5-3-8-6-13-14-7-8;/h1-2,6-7,9,11H,3-5H2,(H,12,15)(H,13,14);1H. The van der Waals surface area contributed by atoms with Crippen LogP contribution in [0.1, 0.15) is 5.56 Å². The molecule has 0 saturated heterocycles. The maximum atomic E-state index is 11.5. The van der Waals surface area contributed by atoms with Crippen LogP contribution < -0.4 is 10.6 Å². The number of nitrogens with one attached hydrogen (secondary N) is 3. The quantitative estimate of drug-likeness (QED) is 0.652. The van der Waals surface area contributed by atoms with E-state index in [0.717, 1.165) is 18.5 Å². The lowest BCUT2D eigenvalue weighted by molar-refractivity contribution is -0.121. The van der Waals surface area contributed by atoms with E-state index < -0.39 is 0 Å². The lowest BCUT2D eigenvalue weighted by atomic mass is 10.2. The van der Waals surface area contributed by atoms with Gasteiger partial charge >= 0.3 is 0 Å². The van der Waals surface area contributed by atoms with Gasteiger partial charge in [-0.3, -0.25) is 15.2 Å². The molecule has 0 aromatic carbocycles. The van der Waals surface area contributed by atoms with Gasteiger partial charge in [0.05, 0.1) is 6.20 Å². The Balaban J connectivity index is 0.00000128. The number of rotatable bonds is 4. The minimum Gasteiger partial charge on any atom is -0.354 e.